The SMILES string of the molecule is Cc1nc(-c2cccc(NC(=O)c3ccc(S(C)(=O)=O)cc3Cl)c2)cs1. The maximum atomic E-state index is 12.5. The summed E-state index contributed by atoms with van der Waals surface area (Å²) in [6.07, 6.45) is 1.09. The van der Waals surface area contributed by atoms with Crippen LogP contribution in [0.25, 0.3) is 11.3 Å². The van der Waals surface area contributed by atoms with Crippen molar-refractivity contribution >= 4 is 44.4 Å². The Morgan fingerprint density at radius 3 is 2.58 bits per heavy atom. The topological polar surface area (TPSA) is 76.1 Å². The van der Waals surface area contributed by atoms with Gasteiger partial charge in [0.05, 0.1) is 26.2 Å². The summed E-state index contributed by atoms with van der Waals surface area (Å²) in [6.45, 7) is 1.93. The molecule has 0 saturated carbocycles. The van der Waals surface area contributed by atoms with E-state index >= 15 is 0 Å². The molecule has 3 aromatic rings. The number of hydrogen-bond acceptors (Lipinski definition) is 5. The Kier molecular flexibility index (Phi) is 5.13. The summed E-state index contributed by atoms with van der Waals surface area (Å²) < 4.78 is 23.1. The predicted molar refractivity (Wildman–Crippen MR) is 105 cm³/mol. The summed E-state index contributed by atoms with van der Waals surface area (Å²) in [7, 11) is -3.38. The van der Waals surface area contributed by atoms with E-state index in [-0.39, 0.29) is 15.5 Å². The van der Waals surface area contributed by atoms with Crippen LogP contribution in [0, 0.1) is 6.92 Å². The summed E-state index contributed by atoms with van der Waals surface area (Å²) in [5, 5.41) is 5.78. The molecule has 0 bridgehead atoms. The molecule has 0 fully saturated rings. The van der Waals surface area contributed by atoms with Gasteiger partial charge in [-0.05, 0) is 37.3 Å². The highest BCUT2D eigenvalue weighted by Gasteiger charge is 2.15. The Balaban J connectivity index is 1.84. The number of carbonyl (C=O) groups excluding carboxylic acids is 1. The Bertz CT molecular complexity index is 1090. The monoisotopic (exact) mass is 406 g/mol. The average molecular weight is 407 g/mol. The lowest BCUT2D eigenvalue weighted by Crippen LogP contribution is -2.13. The summed E-state index contributed by atoms with van der Waals surface area (Å²) in [4.78, 5) is 17.0. The van der Waals surface area contributed by atoms with Gasteiger partial charge in [0.2, 0.25) is 0 Å². The quantitative estimate of drug-likeness (QED) is 0.695. The molecule has 1 amide bonds. The molecule has 0 spiro atoms. The van der Waals surface area contributed by atoms with Gasteiger partial charge < -0.3 is 5.32 Å². The molecule has 0 aliphatic rings. The molecule has 5 nitrogen and oxygen atoms in total. The summed E-state index contributed by atoms with van der Waals surface area (Å²) in [5.74, 6) is -0.415. The number of nitrogens with zero attached hydrogens (tertiary/aromatic N) is 1. The molecule has 0 radical (unpaired) electrons. The van der Waals surface area contributed by atoms with Crippen molar-refractivity contribution < 1.29 is 13.2 Å². The maximum absolute atomic E-state index is 12.5. The fourth-order valence-electron chi connectivity index (χ4n) is 2.36. The number of sulfone groups is 1. The number of aromatic nitrogens is 1. The zero-order chi connectivity index (χ0) is 18.9. The number of anilines is 1. The third-order valence-corrected chi connectivity index (χ3v) is 5.85. The van der Waals surface area contributed by atoms with Crippen molar-refractivity contribution in [1.29, 1.82) is 0 Å². The molecule has 0 aliphatic carbocycles. The van der Waals surface area contributed by atoms with Crippen LogP contribution in [-0.4, -0.2) is 25.6 Å². The minimum absolute atomic E-state index is 0.0694. The number of amides is 1. The van der Waals surface area contributed by atoms with Gasteiger partial charge in [0.15, 0.2) is 9.84 Å². The van der Waals surface area contributed by atoms with E-state index in [1.165, 1.54) is 18.2 Å². The first-order valence-corrected chi connectivity index (χ1v) is 10.7. The Hall–Kier alpha value is -2.22. The van der Waals surface area contributed by atoms with E-state index in [1.54, 1.807) is 17.4 Å². The van der Waals surface area contributed by atoms with E-state index in [0.717, 1.165) is 22.5 Å². The van der Waals surface area contributed by atoms with Gasteiger partial charge in [-0.2, -0.15) is 0 Å². The average Bonchev–Trinajstić information content (AvgIpc) is 3.00. The fraction of sp³-hybridized carbons (Fsp3) is 0.111. The van der Waals surface area contributed by atoms with Gasteiger partial charge in [-0.3, -0.25) is 4.79 Å². The number of thiazole rings is 1. The highest BCUT2D eigenvalue weighted by molar-refractivity contribution is 7.90. The van der Waals surface area contributed by atoms with Crippen LogP contribution in [0.1, 0.15) is 15.4 Å². The van der Waals surface area contributed by atoms with Crippen molar-refractivity contribution in [2.45, 2.75) is 11.8 Å². The van der Waals surface area contributed by atoms with Crippen molar-refractivity contribution in [2.75, 3.05) is 11.6 Å². The van der Waals surface area contributed by atoms with Gasteiger partial charge in [0.1, 0.15) is 0 Å². The van der Waals surface area contributed by atoms with Crippen molar-refractivity contribution in [2.24, 2.45) is 0 Å². The Labute approximate surface area is 160 Å². The van der Waals surface area contributed by atoms with E-state index in [2.05, 4.69) is 10.3 Å². The summed E-state index contributed by atoms with van der Waals surface area (Å²) in [6, 6.07) is 11.4. The number of aryl methyl sites for hydroxylation is 1. The number of benzene rings is 2. The number of carbonyl (C=O) groups is 1. The van der Waals surface area contributed by atoms with Crippen LogP contribution in [-0.2, 0) is 9.84 Å². The van der Waals surface area contributed by atoms with Crippen molar-refractivity contribution in [3.05, 3.63) is 63.4 Å². The van der Waals surface area contributed by atoms with E-state index < -0.39 is 15.7 Å². The van der Waals surface area contributed by atoms with E-state index in [1.807, 2.05) is 30.5 Å². The number of halogens is 1. The van der Waals surface area contributed by atoms with Gasteiger partial charge in [0.25, 0.3) is 5.91 Å². The number of rotatable bonds is 4. The van der Waals surface area contributed by atoms with E-state index in [0.29, 0.717) is 5.69 Å². The van der Waals surface area contributed by atoms with Gasteiger partial charge in [0, 0.05) is 22.9 Å². The minimum Gasteiger partial charge on any atom is -0.322 e. The molecule has 0 aliphatic heterocycles. The van der Waals surface area contributed by atoms with Gasteiger partial charge in [-0.25, -0.2) is 13.4 Å². The van der Waals surface area contributed by atoms with Gasteiger partial charge in [-0.15, -0.1) is 11.3 Å². The van der Waals surface area contributed by atoms with Crippen LogP contribution in [0.4, 0.5) is 5.69 Å². The summed E-state index contributed by atoms with van der Waals surface area (Å²) in [5.41, 5.74) is 2.54. The molecule has 1 aromatic heterocycles. The lowest BCUT2D eigenvalue weighted by atomic mass is 10.1. The maximum Gasteiger partial charge on any atom is 0.257 e. The van der Waals surface area contributed by atoms with Crippen molar-refractivity contribution in [3.63, 3.8) is 0 Å². The normalized spacial score (nSPS) is 11.3. The third kappa shape index (κ3) is 4.12. The smallest absolute Gasteiger partial charge is 0.257 e. The molecule has 8 heteroatoms. The Morgan fingerprint density at radius 2 is 1.96 bits per heavy atom. The standard InChI is InChI=1S/C18H15ClN2O3S2/c1-11-20-17(10-25-11)12-4-3-5-13(8-12)21-18(22)15-7-6-14(9-16(15)19)26(2,23)24/h3-10H,1-2H3,(H,21,22). The first-order valence-electron chi connectivity index (χ1n) is 7.57. The molecular weight excluding hydrogens is 392 g/mol. The largest absolute Gasteiger partial charge is 0.322 e. The first kappa shape index (κ1) is 18.6. The first-order chi connectivity index (χ1) is 12.2. The predicted octanol–water partition coefficient (Wildman–Crippen LogP) is 4.43. The Morgan fingerprint density at radius 1 is 1.19 bits per heavy atom. The molecule has 2 aromatic carbocycles. The number of hydrogen-bond donors (Lipinski definition) is 1. The van der Waals surface area contributed by atoms with E-state index in [9.17, 15) is 13.2 Å². The molecule has 1 heterocycles. The second-order valence-electron chi connectivity index (χ2n) is 5.70. The molecule has 3 rings (SSSR count). The lowest BCUT2D eigenvalue weighted by Gasteiger charge is -2.09. The van der Waals surface area contributed by atoms with Gasteiger partial charge >= 0.3 is 0 Å². The van der Waals surface area contributed by atoms with Crippen molar-refractivity contribution in [3.8, 4) is 11.3 Å². The highest BCUT2D eigenvalue weighted by Crippen LogP contribution is 2.26. The van der Waals surface area contributed by atoms with Crippen LogP contribution >= 0.6 is 22.9 Å². The van der Waals surface area contributed by atoms with Gasteiger partial charge in [-0.1, -0.05) is 23.7 Å². The summed E-state index contributed by atoms with van der Waals surface area (Å²) >= 11 is 7.65. The molecule has 0 saturated heterocycles. The molecular formula is C18H15ClN2O3S2. The zero-order valence-corrected chi connectivity index (χ0v) is 16.4. The minimum atomic E-state index is -3.38. The number of nitrogens with one attached hydrogen (secondary N) is 1. The van der Waals surface area contributed by atoms with Crippen molar-refractivity contribution in [1.82, 2.24) is 4.98 Å². The second kappa shape index (κ2) is 7.19. The molecule has 26 heavy (non-hydrogen) atoms. The third-order valence-electron chi connectivity index (χ3n) is 3.65. The fourth-order valence-corrected chi connectivity index (χ4v) is 3.96. The zero-order valence-electron chi connectivity index (χ0n) is 14.0. The van der Waals surface area contributed by atoms with Crippen LogP contribution < -0.4 is 5.32 Å². The molecule has 0 unspecified atom stereocenters. The second-order valence-corrected chi connectivity index (χ2v) is 9.19. The van der Waals surface area contributed by atoms with Crippen LogP contribution in [0.5, 0.6) is 0 Å². The van der Waals surface area contributed by atoms with Crippen LogP contribution in [0.2, 0.25) is 5.02 Å². The van der Waals surface area contributed by atoms with E-state index in [4.69, 9.17) is 11.6 Å². The van der Waals surface area contributed by atoms with Crippen LogP contribution in [0.3, 0.4) is 0 Å². The highest BCUT2D eigenvalue weighted by atomic mass is 35.5. The molecule has 0 atom stereocenters. The molecule has 134 valence electrons. The lowest BCUT2D eigenvalue weighted by molar-refractivity contribution is 0.102. The molecule has 1 N–H and O–H groups in total. The van der Waals surface area contributed by atoms with Crippen LogP contribution in [0.15, 0.2) is 52.7 Å².